The van der Waals surface area contributed by atoms with Gasteiger partial charge in [0, 0.05) is 0 Å². The number of carbonyl (C=O) groups excluding carboxylic acids is 1. The van der Waals surface area contributed by atoms with Gasteiger partial charge in [-0.1, -0.05) is 12.2 Å². The second-order valence-corrected chi connectivity index (χ2v) is 3.97. The van der Waals surface area contributed by atoms with Gasteiger partial charge in [-0.15, -0.1) is 11.3 Å². The van der Waals surface area contributed by atoms with Crippen molar-refractivity contribution < 1.29 is 4.79 Å². The maximum absolute atomic E-state index is 11.2. The minimum Gasteiger partial charge on any atom is -0.319 e. The maximum Gasteiger partial charge on any atom is 0.170 e. The van der Waals surface area contributed by atoms with Gasteiger partial charge in [-0.2, -0.15) is 0 Å². The Morgan fingerprint density at radius 3 is 3.07 bits per heavy atom. The number of hydrogen-bond acceptors (Lipinski definition) is 3. The summed E-state index contributed by atoms with van der Waals surface area (Å²) in [5, 5.41) is 5.02. The van der Waals surface area contributed by atoms with Crippen LogP contribution in [0.2, 0.25) is 0 Å². The van der Waals surface area contributed by atoms with Crippen LogP contribution in [0.3, 0.4) is 0 Å². The van der Waals surface area contributed by atoms with Crippen molar-refractivity contribution in [3.8, 4) is 0 Å². The van der Waals surface area contributed by atoms with Crippen molar-refractivity contribution in [1.29, 1.82) is 0 Å². The van der Waals surface area contributed by atoms with Gasteiger partial charge in [0.05, 0.1) is 4.88 Å². The molecule has 1 aromatic rings. The van der Waals surface area contributed by atoms with E-state index in [0.29, 0.717) is 0 Å². The maximum atomic E-state index is 11.2. The number of Topliss-reactive ketones (excluding diaryl/α,β-unsaturated/α-hetero) is 1. The SMILES string of the molecule is CNCCC=Cc1ccsc1C(C)=O. The molecule has 0 spiro atoms. The zero-order valence-corrected chi connectivity index (χ0v) is 9.36. The number of rotatable bonds is 5. The lowest BCUT2D eigenvalue weighted by Crippen LogP contribution is -2.05. The predicted octanol–water partition coefficient (Wildman–Crippen LogP) is 2.57. The van der Waals surface area contributed by atoms with Crippen LogP contribution in [0.1, 0.15) is 28.6 Å². The third-order valence-corrected chi connectivity index (χ3v) is 2.90. The first-order valence-electron chi connectivity index (χ1n) is 4.65. The number of hydrogen-bond donors (Lipinski definition) is 1. The molecule has 0 aromatic carbocycles. The lowest BCUT2D eigenvalue weighted by atomic mass is 10.2. The number of carbonyl (C=O) groups is 1. The van der Waals surface area contributed by atoms with Crippen LogP contribution in [0.4, 0.5) is 0 Å². The molecule has 0 aliphatic rings. The molecule has 0 amide bonds. The zero-order chi connectivity index (χ0) is 10.4. The summed E-state index contributed by atoms with van der Waals surface area (Å²) in [5.74, 6) is 0.147. The molecule has 0 saturated heterocycles. The van der Waals surface area contributed by atoms with E-state index in [1.807, 2.05) is 24.6 Å². The first-order valence-corrected chi connectivity index (χ1v) is 5.53. The molecular formula is C11H15NOS. The van der Waals surface area contributed by atoms with Crippen molar-refractivity contribution >= 4 is 23.2 Å². The summed E-state index contributed by atoms with van der Waals surface area (Å²) >= 11 is 1.51. The summed E-state index contributed by atoms with van der Waals surface area (Å²) in [6.07, 6.45) is 5.10. The van der Waals surface area contributed by atoms with Crippen LogP contribution in [-0.2, 0) is 0 Å². The van der Waals surface area contributed by atoms with Crippen molar-refractivity contribution in [1.82, 2.24) is 5.32 Å². The quantitative estimate of drug-likeness (QED) is 0.596. The Hall–Kier alpha value is -0.930. The van der Waals surface area contributed by atoms with Gasteiger partial charge in [0.1, 0.15) is 0 Å². The molecule has 0 atom stereocenters. The zero-order valence-electron chi connectivity index (χ0n) is 8.54. The molecular weight excluding hydrogens is 194 g/mol. The number of nitrogens with one attached hydrogen (secondary N) is 1. The number of ketones is 1. The highest BCUT2D eigenvalue weighted by Crippen LogP contribution is 2.18. The normalized spacial score (nSPS) is 11.0. The van der Waals surface area contributed by atoms with E-state index >= 15 is 0 Å². The first-order chi connectivity index (χ1) is 6.75. The standard InChI is InChI=1S/C11H15NOS/c1-9(13)11-10(6-8-14-11)5-3-4-7-12-2/h3,5-6,8,12H,4,7H2,1-2H3. The first kappa shape index (κ1) is 11.1. The molecule has 1 rings (SSSR count). The van der Waals surface area contributed by atoms with Gasteiger partial charge >= 0.3 is 0 Å². The van der Waals surface area contributed by atoms with Crippen molar-refractivity contribution in [2.45, 2.75) is 13.3 Å². The Labute approximate surface area is 88.6 Å². The van der Waals surface area contributed by atoms with Crippen LogP contribution in [0, 0.1) is 0 Å². The Balaban J connectivity index is 2.62. The number of thiophene rings is 1. The minimum absolute atomic E-state index is 0.147. The largest absolute Gasteiger partial charge is 0.319 e. The highest BCUT2D eigenvalue weighted by Gasteiger charge is 2.04. The van der Waals surface area contributed by atoms with Gasteiger partial charge in [-0.05, 0) is 43.9 Å². The van der Waals surface area contributed by atoms with E-state index in [0.717, 1.165) is 23.4 Å². The summed E-state index contributed by atoms with van der Waals surface area (Å²) in [4.78, 5) is 12.0. The third-order valence-electron chi connectivity index (χ3n) is 1.87. The topological polar surface area (TPSA) is 29.1 Å². The predicted molar refractivity (Wildman–Crippen MR) is 61.9 cm³/mol. The monoisotopic (exact) mass is 209 g/mol. The molecule has 1 aromatic heterocycles. The molecule has 14 heavy (non-hydrogen) atoms. The Morgan fingerprint density at radius 2 is 2.43 bits per heavy atom. The fourth-order valence-electron chi connectivity index (χ4n) is 1.17. The van der Waals surface area contributed by atoms with E-state index in [4.69, 9.17) is 0 Å². The van der Waals surface area contributed by atoms with E-state index in [-0.39, 0.29) is 5.78 Å². The van der Waals surface area contributed by atoms with E-state index in [1.54, 1.807) is 6.92 Å². The van der Waals surface area contributed by atoms with Gasteiger partial charge in [-0.3, -0.25) is 4.79 Å². The van der Waals surface area contributed by atoms with E-state index < -0.39 is 0 Å². The van der Waals surface area contributed by atoms with Crippen LogP contribution in [-0.4, -0.2) is 19.4 Å². The second-order valence-electron chi connectivity index (χ2n) is 3.06. The Morgan fingerprint density at radius 1 is 1.64 bits per heavy atom. The average Bonchev–Trinajstić information content (AvgIpc) is 2.60. The summed E-state index contributed by atoms with van der Waals surface area (Å²) < 4.78 is 0. The summed E-state index contributed by atoms with van der Waals surface area (Å²) in [5.41, 5.74) is 1.04. The molecule has 0 aliphatic heterocycles. The molecule has 0 saturated carbocycles. The van der Waals surface area contributed by atoms with Crippen molar-refractivity contribution in [2.75, 3.05) is 13.6 Å². The second kappa shape index (κ2) is 5.73. The summed E-state index contributed by atoms with van der Waals surface area (Å²) in [6.45, 7) is 2.58. The van der Waals surface area contributed by atoms with Gasteiger partial charge in [0.25, 0.3) is 0 Å². The lowest BCUT2D eigenvalue weighted by Gasteiger charge is -1.93. The van der Waals surface area contributed by atoms with Crippen LogP contribution < -0.4 is 5.32 Å². The van der Waals surface area contributed by atoms with E-state index in [2.05, 4.69) is 11.4 Å². The molecule has 0 bridgehead atoms. The third kappa shape index (κ3) is 3.09. The fourth-order valence-corrected chi connectivity index (χ4v) is 1.96. The molecule has 0 unspecified atom stereocenters. The van der Waals surface area contributed by atoms with Gasteiger partial charge in [0.2, 0.25) is 0 Å². The van der Waals surface area contributed by atoms with Crippen LogP contribution in [0.5, 0.6) is 0 Å². The molecule has 1 heterocycles. The fraction of sp³-hybridized carbons (Fsp3) is 0.364. The average molecular weight is 209 g/mol. The van der Waals surface area contributed by atoms with Crippen molar-refractivity contribution in [3.63, 3.8) is 0 Å². The smallest absolute Gasteiger partial charge is 0.170 e. The molecule has 1 N–H and O–H groups in total. The molecule has 0 radical (unpaired) electrons. The van der Waals surface area contributed by atoms with Crippen LogP contribution in [0.25, 0.3) is 6.08 Å². The van der Waals surface area contributed by atoms with Gasteiger partial charge in [0.15, 0.2) is 5.78 Å². The summed E-state index contributed by atoms with van der Waals surface area (Å²) in [6, 6.07) is 1.98. The van der Waals surface area contributed by atoms with Gasteiger partial charge < -0.3 is 5.32 Å². The summed E-state index contributed by atoms with van der Waals surface area (Å²) in [7, 11) is 1.93. The lowest BCUT2D eigenvalue weighted by molar-refractivity contribution is 0.102. The molecule has 0 aliphatic carbocycles. The van der Waals surface area contributed by atoms with Crippen molar-refractivity contribution in [3.05, 3.63) is 28.0 Å². The Kier molecular flexibility index (Phi) is 4.56. The van der Waals surface area contributed by atoms with E-state index in [1.165, 1.54) is 11.3 Å². The molecule has 3 heteroatoms. The highest BCUT2D eigenvalue weighted by atomic mass is 32.1. The minimum atomic E-state index is 0.147. The Bertz CT molecular complexity index is 328. The molecule has 2 nitrogen and oxygen atoms in total. The van der Waals surface area contributed by atoms with Crippen molar-refractivity contribution in [2.24, 2.45) is 0 Å². The van der Waals surface area contributed by atoms with Crippen LogP contribution in [0.15, 0.2) is 17.5 Å². The van der Waals surface area contributed by atoms with Gasteiger partial charge in [-0.25, -0.2) is 0 Å². The molecule has 76 valence electrons. The van der Waals surface area contributed by atoms with E-state index in [9.17, 15) is 4.79 Å². The van der Waals surface area contributed by atoms with Crippen LogP contribution >= 0.6 is 11.3 Å². The molecule has 0 fully saturated rings. The highest BCUT2D eigenvalue weighted by molar-refractivity contribution is 7.12.